The van der Waals surface area contributed by atoms with Crippen molar-refractivity contribution in [3.05, 3.63) is 26.7 Å². The monoisotopic (exact) mass is 1530 g/mol. The Bertz CT molecular complexity index is 2550. The molecule has 0 radical (unpaired) electrons. The summed E-state index contributed by atoms with van der Waals surface area (Å²) in [6.07, 6.45) is 13.9. The molecule has 1 aromatic rings. The van der Waals surface area contributed by atoms with Crippen LogP contribution in [0.2, 0.25) is 18.1 Å². The van der Waals surface area contributed by atoms with E-state index >= 15 is 0 Å². The van der Waals surface area contributed by atoms with Crippen molar-refractivity contribution in [3.8, 4) is 0 Å². The number of carbonyl (C=O) groups excluding carboxylic acids is 4. The Morgan fingerprint density at radius 1 is 0.466 bits per heavy atom. The number of carbonyl (C=O) groups is 4. The summed E-state index contributed by atoms with van der Waals surface area (Å²) < 4.78 is 75.5. The van der Waals surface area contributed by atoms with Crippen molar-refractivity contribution >= 4 is 50.5 Å². The molecule has 1 rings (SSSR count). The number of aliphatic hydroxyl groups is 3. The first-order valence-corrected chi connectivity index (χ1v) is 43.6. The number of ether oxygens (including phenoxy) is 3. The maximum absolute atomic E-state index is 14.3. The zero-order valence-electron chi connectivity index (χ0n) is 65.6. The van der Waals surface area contributed by atoms with Gasteiger partial charge in [-0.2, -0.15) is 0 Å². The minimum absolute atomic E-state index is 0.0703. The van der Waals surface area contributed by atoms with Gasteiger partial charge in [-0.05, 0) is 90.4 Å². The van der Waals surface area contributed by atoms with Crippen LogP contribution in [-0.2, 0) is 71.9 Å². The number of nitrogens with zero attached hydrogens (tertiary/aromatic N) is 6. The lowest BCUT2D eigenvalue weighted by molar-refractivity contribution is -0.159. The van der Waals surface area contributed by atoms with E-state index < -0.39 is 67.6 Å². The van der Waals surface area contributed by atoms with Gasteiger partial charge in [-0.1, -0.05) is 98.3 Å². The molecule has 34 heteroatoms. The molecule has 0 spiro atoms. The minimum Gasteiger partial charge on any atom is -0.462 e. The molecule has 0 aliphatic heterocycles. The summed E-state index contributed by atoms with van der Waals surface area (Å²) in [7, 11) is 5.05. The van der Waals surface area contributed by atoms with Gasteiger partial charge in [0.05, 0.1) is 50.5 Å². The summed E-state index contributed by atoms with van der Waals surface area (Å²) in [5, 5.41) is 41.7. The first kappa shape index (κ1) is 96.8. The molecular weight excluding hydrogens is 1390 g/mol. The number of amides is 6. The lowest BCUT2D eigenvalue weighted by atomic mass is 9.81. The third kappa shape index (κ3) is 39.5. The zero-order chi connectivity index (χ0) is 76.8. The van der Waals surface area contributed by atoms with Crippen LogP contribution in [0.1, 0.15) is 189 Å². The average molecular weight is 1530 g/mol. The molecule has 604 valence electrons. The smallest absolute Gasteiger partial charge is 0.462 e. The Hall–Kier alpha value is -4.22. The lowest BCUT2D eigenvalue weighted by Crippen LogP contribution is -2.47. The van der Waals surface area contributed by atoms with Crippen LogP contribution in [-0.4, -0.2) is 270 Å². The Kier molecular flexibility index (Phi) is 54.4. The SMILES string of the molecule is CCCCOCC(O)CN(CCC[Si](OC)(OC)OC)C(=O)NCCCCCCN=c1oc(=O)n(CCCCCCNC(=O)N(CCC[Si](OC)(OC)OC)CC(O)COC(=O)C(C)(CCC)CCCC)c(=O)n1CCCCCCNC(=O)N(CCC[Si](OC)(OC)OC)CC(O)COCCCC. The van der Waals surface area contributed by atoms with Gasteiger partial charge in [0.1, 0.15) is 12.7 Å². The van der Waals surface area contributed by atoms with Gasteiger partial charge in [-0.3, -0.25) is 4.79 Å². The van der Waals surface area contributed by atoms with Crippen LogP contribution >= 0.6 is 0 Å². The van der Waals surface area contributed by atoms with Crippen LogP contribution in [0.3, 0.4) is 0 Å². The van der Waals surface area contributed by atoms with E-state index in [1.54, 1.807) is 31.1 Å². The van der Waals surface area contributed by atoms with Gasteiger partial charge in [-0.15, -0.1) is 0 Å². The molecule has 0 bridgehead atoms. The summed E-state index contributed by atoms with van der Waals surface area (Å²) in [6, 6.07) is 0.319. The Morgan fingerprint density at radius 2 is 0.825 bits per heavy atom. The van der Waals surface area contributed by atoms with Gasteiger partial charge in [0.25, 0.3) is 0 Å². The summed E-state index contributed by atoms with van der Waals surface area (Å²) in [6.45, 7) is 13.7. The van der Waals surface area contributed by atoms with Crippen molar-refractivity contribution in [2.24, 2.45) is 10.4 Å². The van der Waals surface area contributed by atoms with Gasteiger partial charge >= 0.3 is 67.6 Å². The quantitative estimate of drug-likeness (QED) is 0.0212. The van der Waals surface area contributed by atoms with E-state index in [9.17, 15) is 44.1 Å². The minimum atomic E-state index is -2.97. The second-order valence-electron chi connectivity index (χ2n) is 26.4. The number of esters is 1. The highest BCUT2D eigenvalue weighted by Crippen LogP contribution is 2.32. The molecule has 4 unspecified atom stereocenters. The topological polar surface area (TPSA) is 355 Å². The molecule has 31 nitrogen and oxygen atoms in total. The number of hydrogen-bond acceptors (Lipinski definition) is 23. The number of nitrogens with one attached hydrogen (secondary N) is 3. The number of unbranched alkanes of at least 4 members (excludes halogenated alkanes) is 12. The lowest BCUT2D eigenvalue weighted by Gasteiger charge is -2.29. The first-order valence-electron chi connectivity index (χ1n) is 37.8. The van der Waals surface area contributed by atoms with Crippen LogP contribution in [0.25, 0.3) is 0 Å². The number of urea groups is 3. The molecule has 0 aliphatic carbocycles. The second-order valence-corrected chi connectivity index (χ2v) is 35.7. The number of hydrogen-bond donors (Lipinski definition) is 6. The fourth-order valence-corrected chi connectivity index (χ4v) is 16.9. The van der Waals surface area contributed by atoms with Crippen LogP contribution in [0.4, 0.5) is 14.4 Å². The number of aliphatic hydroxyl groups excluding tert-OH is 3. The highest BCUT2D eigenvalue weighted by Gasteiger charge is 2.40. The van der Waals surface area contributed by atoms with Crippen LogP contribution < -0.4 is 33.1 Å². The normalized spacial score (nSPS) is 13.7. The predicted octanol–water partition coefficient (Wildman–Crippen LogP) is 7.28. The van der Waals surface area contributed by atoms with Gasteiger partial charge in [0, 0.05) is 154 Å². The van der Waals surface area contributed by atoms with E-state index in [4.69, 9.17) is 58.5 Å². The molecule has 6 N–H and O–H groups in total. The van der Waals surface area contributed by atoms with Gasteiger partial charge < -0.3 is 104 Å². The number of rotatable bonds is 66. The largest absolute Gasteiger partial charge is 0.500 e. The van der Waals surface area contributed by atoms with Crippen molar-refractivity contribution in [1.29, 1.82) is 0 Å². The van der Waals surface area contributed by atoms with Crippen LogP contribution in [0.5, 0.6) is 0 Å². The van der Waals surface area contributed by atoms with Crippen LogP contribution in [0.15, 0.2) is 19.0 Å². The van der Waals surface area contributed by atoms with Crippen molar-refractivity contribution in [1.82, 2.24) is 39.8 Å². The molecule has 6 amide bonds. The highest BCUT2D eigenvalue weighted by atomic mass is 28.4. The molecule has 0 saturated carbocycles. The Labute approximate surface area is 618 Å². The van der Waals surface area contributed by atoms with Crippen molar-refractivity contribution in [3.63, 3.8) is 0 Å². The molecule has 1 heterocycles. The van der Waals surface area contributed by atoms with E-state index in [0.29, 0.717) is 160 Å². The molecule has 103 heavy (non-hydrogen) atoms. The van der Waals surface area contributed by atoms with E-state index in [1.165, 1.54) is 52.1 Å². The third-order valence-corrected chi connectivity index (χ3v) is 26.7. The van der Waals surface area contributed by atoms with Crippen molar-refractivity contribution < 1.29 is 93.0 Å². The summed E-state index contributed by atoms with van der Waals surface area (Å²) >= 11 is 0. The molecule has 1 aromatic heterocycles. The molecule has 0 saturated heterocycles. The maximum atomic E-state index is 14.3. The third-order valence-electron chi connectivity index (χ3n) is 18.2. The first-order chi connectivity index (χ1) is 49.5. The molecule has 0 aromatic carbocycles. The standard InChI is InChI=1S/C69H139N9O22Si3/c1-15-19-38-69(5,37-18-4)62(82)99-58-61(81)55-76(45-36-52-103(94-12,95-13)96-14)65(85)72-41-30-25-27-33-47-78-67(86)77(46-32-26-24-29-40-71-64(84)75(54-60(80)57-98-49-21-17-3)44-35-51-102(91-9,92-10)93-11)66(100-68(78)87)73-42-31-23-22-28-39-70-63(83)74(53-59(79)56-97-48-20-16-2)43-34-50-101(88-6,89-7)90-8/h59-61,79-81H,15-58H2,1-14H3,(H,70,83)(H,71,84)(H,72,85). The summed E-state index contributed by atoms with van der Waals surface area (Å²) in [5.41, 5.74) is -1.28. The van der Waals surface area contributed by atoms with Gasteiger partial charge in [0.2, 0.25) is 0 Å². The average Bonchev–Trinajstić information content (AvgIpc) is 0.808. The fraction of sp³-hybridized carbons (Fsp3) is 0.899. The van der Waals surface area contributed by atoms with Crippen molar-refractivity contribution in [2.75, 3.05) is 162 Å². The van der Waals surface area contributed by atoms with Gasteiger partial charge in [-0.25, -0.2) is 38.1 Å². The van der Waals surface area contributed by atoms with E-state index in [-0.39, 0.29) is 89.3 Å². The van der Waals surface area contributed by atoms with E-state index in [2.05, 4.69) is 41.7 Å². The molecule has 0 aliphatic rings. The van der Waals surface area contributed by atoms with Gasteiger partial charge in [0.15, 0.2) is 0 Å². The Balaban J connectivity index is 3.24. The highest BCUT2D eigenvalue weighted by molar-refractivity contribution is 6.61. The fourth-order valence-electron chi connectivity index (χ4n) is 11.8. The number of aromatic nitrogens is 2. The van der Waals surface area contributed by atoms with Crippen molar-refractivity contribution in [2.45, 2.75) is 238 Å². The Morgan fingerprint density at radius 3 is 1.19 bits per heavy atom. The van der Waals surface area contributed by atoms with E-state index in [1.807, 2.05) is 13.8 Å². The molecule has 4 atom stereocenters. The molecular formula is C69H139N9O22Si3. The summed E-state index contributed by atoms with van der Waals surface area (Å²) in [5.74, 6) is -1.18. The summed E-state index contributed by atoms with van der Waals surface area (Å²) in [4.78, 5) is 91.3. The van der Waals surface area contributed by atoms with E-state index in [0.717, 1.165) is 62.4 Å². The second kappa shape index (κ2) is 57.9. The maximum Gasteiger partial charge on any atom is 0.500 e. The zero-order valence-corrected chi connectivity index (χ0v) is 68.6. The van der Waals surface area contributed by atoms with Crippen LogP contribution in [0, 0.1) is 5.41 Å². The predicted molar refractivity (Wildman–Crippen MR) is 400 cm³/mol. The molecule has 0 fully saturated rings.